The van der Waals surface area contributed by atoms with Crippen molar-refractivity contribution in [3.05, 3.63) is 35.4 Å². The fourth-order valence-corrected chi connectivity index (χ4v) is 3.50. The summed E-state index contributed by atoms with van der Waals surface area (Å²) in [6, 6.07) is 8.12. The summed E-state index contributed by atoms with van der Waals surface area (Å²) >= 11 is 0. The van der Waals surface area contributed by atoms with E-state index in [1.807, 2.05) is 13.0 Å². The van der Waals surface area contributed by atoms with Crippen LogP contribution in [0.3, 0.4) is 0 Å². The minimum atomic E-state index is -0.755. The van der Waals surface area contributed by atoms with E-state index in [0.717, 1.165) is 25.9 Å². The number of benzene rings is 1. The predicted octanol–water partition coefficient (Wildman–Crippen LogP) is 2.75. The fourth-order valence-electron chi connectivity index (χ4n) is 3.50. The molecule has 0 aliphatic carbocycles. The molecule has 5 heteroatoms. The van der Waals surface area contributed by atoms with Crippen LogP contribution in [0.5, 0.6) is 0 Å². The highest BCUT2D eigenvalue weighted by Crippen LogP contribution is 2.26. The van der Waals surface area contributed by atoms with E-state index in [4.69, 9.17) is 0 Å². The van der Waals surface area contributed by atoms with Gasteiger partial charge in [0.05, 0.1) is 6.67 Å². The number of nitrogens with zero attached hydrogens (tertiary/aromatic N) is 2. The Balaban J connectivity index is 1.65. The van der Waals surface area contributed by atoms with Crippen LogP contribution in [0.4, 0.5) is 4.79 Å². The summed E-state index contributed by atoms with van der Waals surface area (Å²) < 4.78 is 0. The normalized spacial score (nSPS) is 24.4. The summed E-state index contributed by atoms with van der Waals surface area (Å²) in [4.78, 5) is 28.7. The van der Waals surface area contributed by atoms with Gasteiger partial charge in [0.2, 0.25) is 0 Å². The fraction of sp³-hybridized carbons (Fsp3) is 0.579. The van der Waals surface area contributed by atoms with Crippen molar-refractivity contribution >= 4 is 11.9 Å². The van der Waals surface area contributed by atoms with E-state index in [1.165, 1.54) is 16.0 Å². The van der Waals surface area contributed by atoms with Crippen molar-refractivity contribution in [2.75, 3.05) is 13.2 Å². The molecule has 2 heterocycles. The molecule has 0 aromatic heterocycles. The number of fused-ring (bicyclic) bond motifs is 1. The summed E-state index contributed by atoms with van der Waals surface area (Å²) in [5.74, 6) is 0.422. The molecule has 0 unspecified atom stereocenters. The van der Waals surface area contributed by atoms with Gasteiger partial charge in [-0.25, -0.2) is 9.69 Å². The van der Waals surface area contributed by atoms with Gasteiger partial charge in [-0.05, 0) is 43.2 Å². The van der Waals surface area contributed by atoms with Gasteiger partial charge in [-0.2, -0.15) is 0 Å². The molecule has 2 aliphatic heterocycles. The number of carbonyl (C=O) groups excluding carboxylic acids is 2. The third-order valence-corrected chi connectivity index (χ3v) is 5.12. The highest BCUT2D eigenvalue weighted by molar-refractivity contribution is 6.06. The van der Waals surface area contributed by atoms with Gasteiger partial charge in [-0.1, -0.05) is 38.1 Å². The largest absolute Gasteiger partial charge is 0.326 e. The summed E-state index contributed by atoms with van der Waals surface area (Å²) in [7, 11) is 0. The van der Waals surface area contributed by atoms with Crippen molar-refractivity contribution in [3.8, 4) is 0 Å². The first-order valence-corrected chi connectivity index (χ1v) is 8.82. The Morgan fingerprint density at radius 2 is 1.92 bits per heavy atom. The van der Waals surface area contributed by atoms with Crippen LogP contribution in [0.15, 0.2) is 24.3 Å². The summed E-state index contributed by atoms with van der Waals surface area (Å²) in [6.45, 7) is 8.14. The molecule has 24 heavy (non-hydrogen) atoms. The van der Waals surface area contributed by atoms with Gasteiger partial charge in [0, 0.05) is 13.1 Å². The highest BCUT2D eigenvalue weighted by Gasteiger charge is 2.47. The van der Waals surface area contributed by atoms with Gasteiger partial charge in [-0.3, -0.25) is 9.69 Å². The van der Waals surface area contributed by atoms with Crippen molar-refractivity contribution in [2.45, 2.75) is 52.1 Å². The molecule has 0 saturated carbocycles. The first-order valence-electron chi connectivity index (χ1n) is 8.82. The molecule has 0 spiro atoms. The zero-order chi connectivity index (χ0) is 17.3. The number of urea groups is 1. The molecule has 5 nitrogen and oxygen atoms in total. The van der Waals surface area contributed by atoms with E-state index in [9.17, 15) is 9.59 Å². The number of nitrogens with one attached hydrogen (secondary N) is 1. The number of amides is 3. The molecular weight excluding hydrogens is 302 g/mol. The Kier molecular flexibility index (Phi) is 4.63. The Bertz CT molecular complexity index is 643. The first-order chi connectivity index (χ1) is 11.4. The second-order valence-electron chi connectivity index (χ2n) is 7.64. The first kappa shape index (κ1) is 17.0. The smallest absolute Gasteiger partial charge is 0.323 e. The highest BCUT2D eigenvalue weighted by atomic mass is 16.2. The Morgan fingerprint density at radius 3 is 2.62 bits per heavy atom. The molecule has 0 radical (unpaired) electrons. The van der Waals surface area contributed by atoms with Crippen molar-refractivity contribution in [1.82, 2.24) is 15.1 Å². The molecule has 3 amide bonds. The molecule has 1 fully saturated rings. The van der Waals surface area contributed by atoms with Crippen LogP contribution in [0.2, 0.25) is 0 Å². The van der Waals surface area contributed by atoms with Crippen LogP contribution in [0.1, 0.15) is 44.7 Å². The lowest BCUT2D eigenvalue weighted by molar-refractivity contribution is -0.132. The molecule has 3 rings (SSSR count). The monoisotopic (exact) mass is 329 g/mol. The Labute approximate surface area is 144 Å². The molecule has 2 aliphatic rings. The van der Waals surface area contributed by atoms with Crippen LogP contribution < -0.4 is 5.32 Å². The van der Waals surface area contributed by atoms with Gasteiger partial charge in [0.25, 0.3) is 5.91 Å². The number of rotatable bonds is 5. The van der Waals surface area contributed by atoms with E-state index in [-0.39, 0.29) is 11.9 Å². The van der Waals surface area contributed by atoms with E-state index in [1.54, 1.807) is 0 Å². The average molecular weight is 329 g/mol. The molecule has 1 aromatic rings. The minimum absolute atomic E-state index is 0.0907. The maximum atomic E-state index is 12.8. The zero-order valence-electron chi connectivity index (χ0n) is 14.8. The third-order valence-electron chi connectivity index (χ3n) is 5.12. The van der Waals surface area contributed by atoms with Gasteiger partial charge in [0.1, 0.15) is 5.54 Å². The second kappa shape index (κ2) is 6.55. The van der Waals surface area contributed by atoms with Crippen LogP contribution >= 0.6 is 0 Å². The second-order valence-corrected chi connectivity index (χ2v) is 7.64. The number of hydrogen-bond acceptors (Lipinski definition) is 3. The topological polar surface area (TPSA) is 52.7 Å². The average Bonchev–Trinajstić information content (AvgIpc) is 2.77. The molecule has 1 saturated heterocycles. The maximum absolute atomic E-state index is 12.8. The number of carbonyl (C=O) groups is 2. The standard InChI is InChI=1S/C19H27N3O2/c1-14(2)8-10-19(3)17(23)22(18(24)20-19)13-21-11-9-15-6-4-5-7-16(15)12-21/h4-7,14H,8-13H2,1-3H3,(H,20,24)/t19-/m0/s1. The van der Waals surface area contributed by atoms with E-state index >= 15 is 0 Å². The van der Waals surface area contributed by atoms with Gasteiger partial charge in [0.15, 0.2) is 0 Å². The lowest BCUT2D eigenvalue weighted by Gasteiger charge is -2.31. The molecule has 130 valence electrons. The van der Waals surface area contributed by atoms with Crippen LogP contribution in [-0.2, 0) is 17.8 Å². The van der Waals surface area contributed by atoms with Crippen molar-refractivity contribution in [3.63, 3.8) is 0 Å². The summed E-state index contributed by atoms with van der Waals surface area (Å²) in [6.07, 6.45) is 2.58. The van der Waals surface area contributed by atoms with Gasteiger partial charge in [-0.15, -0.1) is 0 Å². The van der Waals surface area contributed by atoms with Crippen LogP contribution in [0.25, 0.3) is 0 Å². The van der Waals surface area contributed by atoms with Gasteiger partial charge >= 0.3 is 6.03 Å². The molecule has 0 bridgehead atoms. The zero-order valence-corrected chi connectivity index (χ0v) is 14.8. The SMILES string of the molecule is CC(C)CC[C@]1(C)NC(=O)N(CN2CCc3ccccc3C2)C1=O. The predicted molar refractivity (Wildman–Crippen MR) is 93.3 cm³/mol. The minimum Gasteiger partial charge on any atom is -0.323 e. The van der Waals surface area contributed by atoms with Crippen LogP contribution in [0, 0.1) is 5.92 Å². The maximum Gasteiger partial charge on any atom is 0.326 e. The lowest BCUT2D eigenvalue weighted by Crippen LogP contribution is -2.46. The van der Waals surface area contributed by atoms with Gasteiger partial charge < -0.3 is 5.32 Å². The van der Waals surface area contributed by atoms with Crippen molar-refractivity contribution < 1.29 is 9.59 Å². The Hall–Kier alpha value is -1.88. The lowest BCUT2D eigenvalue weighted by atomic mass is 9.92. The number of hydrogen-bond donors (Lipinski definition) is 1. The summed E-state index contributed by atoms with van der Waals surface area (Å²) in [5, 5.41) is 2.90. The quantitative estimate of drug-likeness (QED) is 0.845. The van der Waals surface area contributed by atoms with E-state index in [0.29, 0.717) is 19.0 Å². The third kappa shape index (κ3) is 3.31. The Morgan fingerprint density at radius 1 is 1.21 bits per heavy atom. The molecule has 1 atom stereocenters. The molecule has 1 N–H and O–H groups in total. The molecular formula is C19H27N3O2. The van der Waals surface area contributed by atoms with Crippen molar-refractivity contribution in [2.24, 2.45) is 5.92 Å². The van der Waals surface area contributed by atoms with Crippen molar-refractivity contribution in [1.29, 1.82) is 0 Å². The number of imide groups is 1. The summed E-state index contributed by atoms with van der Waals surface area (Å²) in [5.41, 5.74) is 1.90. The van der Waals surface area contributed by atoms with Crippen LogP contribution in [-0.4, -0.2) is 40.5 Å². The van der Waals surface area contributed by atoms with E-state index in [2.05, 4.69) is 42.3 Å². The van der Waals surface area contributed by atoms with E-state index < -0.39 is 5.54 Å². The molecule has 1 aromatic carbocycles.